The van der Waals surface area contributed by atoms with Gasteiger partial charge in [-0.1, -0.05) is 0 Å². The van der Waals surface area contributed by atoms with Gasteiger partial charge in [0, 0.05) is 19.7 Å². The Kier molecular flexibility index (Phi) is 4.51. The maximum absolute atomic E-state index is 11.2. The summed E-state index contributed by atoms with van der Waals surface area (Å²) >= 11 is 1.17. The lowest BCUT2D eigenvalue weighted by molar-refractivity contribution is 0.0701. The van der Waals surface area contributed by atoms with Crippen LogP contribution in [0.3, 0.4) is 0 Å². The number of thiophene rings is 1. The van der Waals surface area contributed by atoms with Gasteiger partial charge in [-0.15, -0.1) is 11.3 Å². The van der Waals surface area contributed by atoms with Gasteiger partial charge in [0.1, 0.15) is 21.9 Å². The molecular formula is C13H17N3O3S. The first-order valence-electron chi connectivity index (χ1n) is 6.43. The quantitative estimate of drug-likeness (QED) is 0.846. The standard InChI is InChI=1S/C13H17N3O3S/c1-3-16(5-4-6-17)11-9-8(2)10(13(18)19)20-12(9)15-7-14-11/h7,17H,3-6H2,1-2H3,(H,18,19). The molecule has 0 bridgehead atoms. The average Bonchev–Trinajstić information content (AvgIpc) is 2.78. The predicted molar refractivity (Wildman–Crippen MR) is 78.7 cm³/mol. The van der Waals surface area contributed by atoms with Crippen LogP contribution in [0.2, 0.25) is 0 Å². The highest BCUT2D eigenvalue weighted by Crippen LogP contribution is 2.34. The van der Waals surface area contributed by atoms with Gasteiger partial charge in [-0.2, -0.15) is 0 Å². The molecule has 0 radical (unpaired) electrons. The number of aliphatic hydroxyl groups excluding tert-OH is 1. The zero-order valence-corrected chi connectivity index (χ0v) is 12.3. The number of rotatable bonds is 6. The molecule has 0 unspecified atom stereocenters. The van der Waals surface area contributed by atoms with Crippen molar-refractivity contribution in [2.75, 3.05) is 24.6 Å². The van der Waals surface area contributed by atoms with Crippen LogP contribution in [0.25, 0.3) is 10.2 Å². The van der Waals surface area contributed by atoms with Gasteiger partial charge < -0.3 is 15.1 Å². The van der Waals surface area contributed by atoms with E-state index in [4.69, 9.17) is 5.11 Å². The van der Waals surface area contributed by atoms with Crippen LogP contribution < -0.4 is 4.90 Å². The number of anilines is 1. The summed E-state index contributed by atoms with van der Waals surface area (Å²) in [6.45, 7) is 5.33. The predicted octanol–water partition coefficient (Wildman–Crippen LogP) is 1.91. The van der Waals surface area contributed by atoms with Crippen LogP contribution in [0, 0.1) is 6.92 Å². The molecule has 2 N–H and O–H groups in total. The Labute approximate surface area is 120 Å². The molecule has 2 aromatic rings. The molecular weight excluding hydrogens is 278 g/mol. The molecule has 0 aliphatic rings. The number of carboxylic acid groups (broad SMARTS) is 1. The molecule has 0 atom stereocenters. The number of aromatic carboxylic acids is 1. The molecule has 6 nitrogen and oxygen atoms in total. The minimum Gasteiger partial charge on any atom is -0.477 e. The van der Waals surface area contributed by atoms with Crippen LogP contribution in [-0.4, -0.2) is 45.8 Å². The first-order valence-corrected chi connectivity index (χ1v) is 7.25. The summed E-state index contributed by atoms with van der Waals surface area (Å²) in [6, 6.07) is 0. The van der Waals surface area contributed by atoms with E-state index >= 15 is 0 Å². The number of carboxylic acids is 1. The Balaban J connectivity index is 2.55. The zero-order chi connectivity index (χ0) is 14.7. The van der Waals surface area contributed by atoms with Gasteiger partial charge >= 0.3 is 5.97 Å². The van der Waals surface area contributed by atoms with Crippen molar-refractivity contribution in [1.82, 2.24) is 9.97 Å². The minimum absolute atomic E-state index is 0.119. The van der Waals surface area contributed by atoms with Gasteiger partial charge in [-0.25, -0.2) is 14.8 Å². The summed E-state index contributed by atoms with van der Waals surface area (Å²) < 4.78 is 0. The number of carbonyl (C=O) groups is 1. The first-order chi connectivity index (χ1) is 9.60. The summed E-state index contributed by atoms with van der Waals surface area (Å²) in [5.74, 6) is -0.193. The fourth-order valence-corrected chi connectivity index (χ4v) is 3.15. The molecule has 0 saturated carbocycles. The van der Waals surface area contributed by atoms with E-state index in [1.807, 2.05) is 11.8 Å². The van der Waals surface area contributed by atoms with E-state index in [1.165, 1.54) is 17.7 Å². The molecule has 2 heterocycles. The van der Waals surface area contributed by atoms with E-state index in [9.17, 15) is 9.90 Å². The van der Waals surface area contributed by atoms with Gasteiger partial charge in [0.2, 0.25) is 0 Å². The van der Waals surface area contributed by atoms with Crippen LogP contribution in [-0.2, 0) is 0 Å². The van der Waals surface area contributed by atoms with Crippen molar-refractivity contribution >= 4 is 33.3 Å². The highest BCUT2D eigenvalue weighted by Gasteiger charge is 2.20. The Morgan fingerprint density at radius 1 is 1.45 bits per heavy atom. The second kappa shape index (κ2) is 6.15. The number of aryl methyl sites for hydroxylation is 1. The van der Waals surface area contributed by atoms with E-state index in [0.29, 0.717) is 28.2 Å². The van der Waals surface area contributed by atoms with Crippen LogP contribution >= 0.6 is 11.3 Å². The summed E-state index contributed by atoms with van der Waals surface area (Å²) in [7, 11) is 0. The summed E-state index contributed by atoms with van der Waals surface area (Å²) in [5.41, 5.74) is 0.704. The number of aliphatic hydroxyl groups is 1. The maximum Gasteiger partial charge on any atom is 0.346 e. The molecule has 0 saturated heterocycles. The van der Waals surface area contributed by atoms with Crippen LogP contribution in [0.1, 0.15) is 28.6 Å². The third kappa shape index (κ3) is 2.59. The molecule has 0 aliphatic heterocycles. The van der Waals surface area contributed by atoms with Gasteiger partial charge in [0.25, 0.3) is 0 Å². The van der Waals surface area contributed by atoms with Crippen molar-refractivity contribution in [3.05, 3.63) is 16.8 Å². The second-order valence-electron chi connectivity index (χ2n) is 4.40. The number of fused-ring (bicyclic) bond motifs is 1. The Morgan fingerprint density at radius 2 is 2.20 bits per heavy atom. The zero-order valence-electron chi connectivity index (χ0n) is 11.5. The monoisotopic (exact) mass is 295 g/mol. The molecule has 2 aromatic heterocycles. The first kappa shape index (κ1) is 14.7. The third-order valence-corrected chi connectivity index (χ3v) is 4.36. The number of nitrogens with zero attached hydrogens (tertiary/aromatic N) is 3. The van der Waals surface area contributed by atoms with Gasteiger partial charge in [-0.05, 0) is 25.8 Å². The van der Waals surface area contributed by atoms with Gasteiger partial charge in [0.15, 0.2) is 0 Å². The highest BCUT2D eigenvalue weighted by molar-refractivity contribution is 7.20. The van der Waals surface area contributed by atoms with Crippen molar-refractivity contribution in [2.45, 2.75) is 20.3 Å². The van der Waals surface area contributed by atoms with Crippen LogP contribution in [0.15, 0.2) is 6.33 Å². The van der Waals surface area contributed by atoms with E-state index in [1.54, 1.807) is 6.92 Å². The normalized spacial score (nSPS) is 10.9. The molecule has 0 aliphatic carbocycles. The van der Waals surface area contributed by atoms with E-state index < -0.39 is 5.97 Å². The molecule has 20 heavy (non-hydrogen) atoms. The summed E-state index contributed by atoms with van der Waals surface area (Å²) in [5, 5.41) is 19.0. The Hall–Kier alpha value is -1.73. The average molecular weight is 295 g/mol. The Bertz CT molecular complexity index is 627. The van der Waals surface area contributed by atoms with E-state index in [2.05, 4.69) is 9.97 Å². The van der Waals surface area contributed by atoms with E-state index in [-0.39, 0.29) is 6.61 Å². The van der Waals surface area contributed by atoms with Crippen LogP contribution in [0.5, 0.6) is 0 Å². The fraction of sp³-hybridized carbons (Fsp3) is 0.462. The van der Waals surface area contributed by atoms with Crippen LogP contribution in [0.4, 0.5) is 5.82 Å². The second-order valence-corrected chi connectivity index (χ2v) is 5.39. The van der Waals surface area contributed by atoms with E-state index in [0.717, 1.165) is 17.7 Å². The smallest absolute Gasteiger partial charge is 0.346 e. The molecule has 2 rings (SSSR count). The lowest BCUT2D eigenvalue weighted by atomic mass is 10.2. The number of hydrogen-bond acceptors (Lipinski definition) is 6. The third-order valence-electron chi connectivity index (χ3n) is 3.17. The largest absolute Gasteiger partial charge is 0.477 e. The van der Waals surface area contributed by atoms with Crippen molar-refractivity contribution in [2.24, 2.45) is 0 Å². The highest BCUT2D eigenvalue weighted by atomic mass is 32.1. The molecule has 7 heteroatoms. The van der Waals surface area contributed by atoms with Gasteiger partial charge in [-0.3, -0.25) is 0 Å². The fourth-order valence-electron chi connectivity index (χ4n) is 2.17. The van der Waals surface area contributed by atoms with Crippen molar-refractivity contribution < 1.29 is 15.0 Å². The lowest BCUT2D eigenvalue weighted by Crippen LogP contribution is -2.26. The number of aromatic nitrogens is 2. The summed E-state index contributed by atoms with van der Waals surface area (Å²) in [4.78, 5) is 22.7. The van der Waals surface area contributed by atoms with Crippen molar-refractivity contribution in [1.29, 1.82) is 0 Å². The number of hydrogen-bond donors (Lipinski definition) is 2. The topological polar surface area (TPSA) is 86.5 Å². The minimum atomic E-state index is -0.935. The lowest BCUT2D eigenvalue weighted by Gasteiger charge is -2.22. The Morgan fingerprint density at radius 3 is 2.80 bits per heavy atom. The van der Waals surface area contributed by atoms with Crippen molar-refractivity contribution in [3.8, 4) is 0 Å². The molecule has 0 aromatic carbocycles. The maximum atomic E-state index is 11.2. The van der Waals surface area contributed by atoms with Gasteiger partial charge in [0.05, 0.1) is 5.39 Å². The summed E-state index contributed by atoms with van der Waals surface area (Å²) in [6.07, 6.45) is 2.11. The molecule has 0 spiro atoms. The SMILES string of the molecule is CCN(CCCO)c1ncnc2sc(C(=O)O)c(C)c12. The molecule has 0 amide bonds. The molecule has 108 valence electrons. The van der Waals surface area contributed by atoms with Crippen molar-refractivity contribution in [3.63, 3.8) is 0 Å². The molecule has 0 fully saturated rings.